The van der Waals surface area contributed by atoms with Crippen LogP contribution in [0.3, 0.4) is 0 Å². The Kier molecular flexibility index (Phi) is 3.75. The van der Waals surface area contributed by atoms with Crippen LogP contribution in [0.4, 0.5) is 20.2 Å². The van der Waals surface area contributed by atoms with Crippen LogP contribution in [-0.2, 0) is 11.2 Å². The molecule has 0 atom stereocenters. The zero-order valence-electron chi connectivity index (χ0n) is 9.99. The second-order valence-corrected chi connectivity index (χ2v) is 4.06. The molecule has 0 aliphatic rings. The van der Waals surface area contributed by atoms with E-state index < -0.39 is 17.5 Å². The molecule has 0 radical (unpaired) electrons. The Morgan fingerprint density at radius 2 is 1.84 bits per heavy atom. The summed E-state index contributed by atoms with van der Waals surface area (Å²) in [4.78, 5) is 11.7. The van der Waals surface area contributed by atoms with Gasteiger partial charge in [0.05, 0.1) is 12.1 Å². The highest BCUT2D eigenvalue weighted by atomic mass is 19.1. The van der Waals surface area contributed by atoms with Gasteiger partial charge in [-0.3, -0.25) is 4.79 Å². The molecule has 0 aromatic heterocycles. The molecule has 3 N–H and O–H groups in total. The molecular formula is C14H12F2N2O. The molecular weight excluding hydrogens is 250 g/mol. The van der Waals surface area contributed by atoms with Crippen molar-refractivity contribution in [3.05, 3.63) is 59.7 Å². The van der Waals surface area contributed by atoms with Crippen LogP contribution in [0.5, 0.6) is 0 Å². The van der Waals surface area contributed by atoms with Gasteiger partial charge >= 0.3 is 0 Å². The molecule has 5 heteroatoms. The van der Waals surface area contributed by atoms with E-state index in [4.69, 9.17) is 5.73 Å². The number of halogens is 2. The van der Waals surface area contributed by atoms with Gasteiger partial charge < -0.3 is 11.1 Å². The third-order valence-corrected chi connectivity index (χ3v) is 2.57. The summed E-state index contributed by atoms with van der Waals surface area (Å²) in [5, 5.41) is 2.37. The smallest absolute Gasteiger partial charge is 0.228 e. The number of amides is 1. The van der Waals surface area contributed by atoms with E-state index >= 15 is 0 Å². The molecule has 0 spiro atoms. The topological polar surface area (TPSA) is 55.1 Å². The second kappa shape index (κ2) is 5.48. The van der Waals surface area contributed by atoms with Crippen molar-refractivity contribution in [2.45, 2.75) is 6.42 Å². The van der Waals surface area contributed by atoms with Crippen LogP contribution in [0.25, 0.3) is 0 Å². The molecule has 3 nitrogen and oxygen atoms in total. The van der Waals surface area contributed by atoms with Crippen LogP contribution < -0.4 is 11.1 Å². The minimum Gasteiger partial charge on any atom is -0.399 e. The van der Waals surface area contributed by atoms with E-state index in [1.807, 2.05) is 0 Å². The minimum absolute atomic E-state index is 0.0126. The van der Waals surface area contributed by atoms with Crippen molar-refractivity contribution in [2.24, 2.45) is 0 Å². The first-order chi connectivity index (χ1) is 9.06. The average molecular weight is 262 g/mol. The number of nitrogens with one attached hydrogen (secondary N) is 1. The molecule has 1 amide bonds. The van der Waals surface area contributed by atoms with Gasteiger partial charge in [0.25, 0.3) is 0 Å². The maximum Gasteiger partial charge on any atom is 0.228 e. The van der Waals surface area contributed by atoms with Crippen molar-refractivity contribution in [2.75, 3.05) is 11.1 Å². The monoisotopic (exact) mass is 262 g/mol. The van der Waals surface area contributed by atoms with Crippen LogP contribution in [0, 0.1) is 11.6 Å². The van der Waals surface area contributed by atoms with Gasteiger partial charge in [0.15, 0.2) is 0 Å². The van der Waals surface area contributed by atoms with E-state index in [0.717, 1.165) is 6.07 Å². The van der Waals surface area contributed by atoms with E-state index in [1.165, 1.54) is 30.3 Å². The maximum atomic E-state index is 13.4. The average Bonchev–Trinajstić information content (AvgIpc) is 2.37. The number of hydrogen-bond donors (Lipinski definition) is 2. The Labute approximate surface area is 109 Å². The highest BCUT2D eigenvalue weighted by Crippen LogP contribution is 2.18. The quantitative estimate of drug-likeness (QED) is 0.836. The lowest BCUT2D eigenvalue weighted by Gasteiger charge is -2.07. The molecule has 2 rings (SSSR count). The summed E-state index contributed by atoms with van der Waals surface area (Å²) in [5.74, 6) is -1.56. The largest absolute Gasteiger partial charge is 0.399 e. The van der Waals surface area contributed by atoms with Gasteiger partial charge in [-0.1, -0.05) is 18.2 Å². The minimum atomic E-state index is -0.587. The first-order valence-corrected chi connectivity index (χ1v) is 5.64. The van der Waals surface area contributed by atoms with Crippen molar-refractivity contribution >= 4 is 17.3 Å². The van der Waals surface area contributed by atoms with Crippen molar-refractivity contribution in [3.8, 4) is 0 Å². The normalized spacial score (nSPS) is 10.2. The van der Waals surface area contributed by atoms with Gasteiger partial charge in [-0.2, -0.15) is 0 Å². The van der Waals surface area contributed by atoms with E-state index in [0.29, 0.717) is 5.69 Å². The van der Waals surface area contributed by atoms with Crippen molar-refractivity contribution in [1.82, 2.24) is 0 Å². The van der Waals surface area contributed by atoms with E-state index in [-0.39, 0.29) is 17.7 Å². The number of rotatable bonds is 3. The molecule has 98 valence electrons. The second-order valence-electron chi connectivity index (χ2n) is 4.06. The fourth-order valence-electron chi connectivity index (χ4n) is 1.65. The summed E-state index contributed by atoms with van der Waals surface area (Å²) >= 11 is 0. The number of carbonyl (C=O) groups excluding carboxylic acids is 1. The zero-order valence-corrected chi connectivity index (χ0v) is 9.99. The van der Waals surface area contributed by atoms with Gasteiger partial charge in [-0.05, 0) is 29.8 Å². The molecule has 0 aliphatic carbocycles. The van der Waals surface area contributed by atoms with Crippen molar-refractivity contribution < 1.29 is 13.6 Å². The Bertz CT molecular complexity index is 614. The molecule has 0 unspecified atom stereocenters. The fourth-order valence-corrected chi connectivity index (χ4v) is 1.65. The Hall–Kier alpha value is -2.43. The zero-order chi connectivity index (χ0) is 13.8. The third-order valence-electron chi connectivity index (χ3n) is 2.57. The lowest BCUT2D eigenvalue weighted by atomic mass is 10.1. The molecule has 0 aliphatic heterocycles. The van der Waals surface area contributed by atoms with Gasteiger partial charge in [0.1, 0.15) is 11.6 Å². The molecule has 19 heavy (non-hydrogen) atoms. The van der Waals surface area contributed by atoms with Gasteiger partial charge in [-0.25, -0.2) is 8.78 Å². The van der Waals surface area contributed by atoms with Gasteiger partial charge in [-0.15, -0.1) is 0 Å². The first kappa shape index (κ1) is 13.0. The summed E-state index contributed by atoms with van der Waals surface area (Å²) in [6.07, 6.45) is -0.166. The highest BCUT2D eigenvalue weighted by Gasteiger charge is 2.10. The van der Waals surface area contributed by atoms with E-state index in [2.05, 4.69) is 5.32 Å². The molecule has 2 aromatic carbocycles. The molecule has 0 fully saturated rings. The predicted molar refractivity (Wildman–Crippen MR) is 69.5 cm³/mol. The third kappa shape index (κ3) is 3.28. The number of nitrogens with two attached hydrogens (primary N) is 1. The Morgan fingerprint density at radius 1 is 1.11 bits per heavy atom. The van der Waals surface area contributed by atoms with E-state index in [9.17, 15) is 13.6 Å². The molecule has 0 saturated carbocycles. The summed E-state index contributed by atoms with van der Waals surface area (Å²) in [6, 6.07) is 9.81. The first-order valence-electron chi connectivity index (χ1n) is 5.64. The van der Waals surface area contributed by atoms with Crippen LogP contribution in [0.1, 0.15) is 5.56 Å². The summed E-state index contributed by atoms with van der Waals surface area (Å²) in [5.41, 5.74) is 6.08. The fraction of sp³-hybridized carbons (Fsp3) is 0.0714. The Balaban J connectivity index is 2.10. The SMILES string of the molecule is Nc1ccc(F)c(NC(=O)Cc2ccccc2F)c1. The van der Waals surface area contributed by atoms with Crippen molar-refractivity contribution in [1.29, 1.82) is 0 Å². The standard InChI is InChI=1S/C14H12F2N2O/c15-11-4-2-1-3-9(11)7-14(19)18-13-8-10(17)5-6-12(13)16/h1-6,8H,7,17H2,(H,18,19). The van der Waals surface area contributed by atoms with Gasteiger partial charge in [0, 0.05) is 5.69 Å². The van der Waals surface area contributed by atoms with Crippen LogP contribution in [0.15, 0.2) is 42.5 Å². The number of carbonyl (C=O) groups is 1. The molecule has 0 bridgehead atoms. The van der Waals surface area contributed by atoms with Crippen LogP contribution >= 0.6 is 0 Å². The lowest BCUT2D eigenvalue weighted by molar-refractivity contribution is -0.115. The maximum absolute atomic E-state index is 13.4. The molecule has 0 heterocycles. The summed E-state index contributed by atoms with van der Waals surface area (Å²) < 4.78 is 26.8. The molecule has 0 saturated heterocycles. The summed E-state index contributed by atoms with van der Waals surface area (Å²) in [6.45, 7) is 0. The predicted octanol–water partition coefficient (Wildman–Crippen LogP) is 2.73. The van der Waals surface area contributed by atoms with Crippen molar-refractivity contribution in [3.63, 3.8) is 0 Å². The number of benzene rings is 2. The number of nitrogen functional groups attached to an aromatic ring is 1. The van der Waals surface area contributed by atoms with Crippen LogP contribution in [0.2, 0.25) is 0 Å². The Morgan fingerprint density at radius 3 is 2.58 bits per heavy atom. The number of anilines is 2. The molecule has 2 aromatic rings. The van der Waals surface area contributed by atoms with Gasteiger partial charge in [0.2, 0.25) is 5.91 Å². The van der Waals surface area contributed by atoms with E-state index in [1.54, 1.807) is 6.07 Å². The van der Waals surface area contributed by atoms with Crippen LogP contribution in [-0.4, -0.2) is 5.91 Å². The number of hydrogen-bond acceptors (Lipinski definition) is 2. The lowest BCUT2D eigenvalue weighted by Crippen LogP contribution is -2.16. The summed E-state index contributed by atoms with van der Waals surface area (Å²) in [7, 11) is 0. The highest BCUT2D eigenvalue weighted by molar-refractivity contribution is 5.92.